The molecular weight excluding hydrogens is 452 g/mol. The Hall–Kier alpha value is -2.70. The highest BCUT2D eigenvalue weighted by molar-refractivity contribution is 5.91. The third-order valence-corrected chi connectivity index (χ3v) is 7.74. The first-order valence-electron chi connectivity index (χ1n) is 13.5. The summed E-state index contributed by atoms with van der Waals surface area (Å²) in [6, 6.07) is 19.8. The van der Waals surface area contributed by atoms with Crippen LogP contribution in [-0.2, 0) is 20.8 Å². The number of nitrogens with zero attached hydrogens (tertiary/aromatic N) is 1. The van der Waals surface area contributed by atoms with Crippen LogP contribution >= 0.6 is 0 Å². The van der Waals surface area contributed by atoms with E-state index in [1.165, 1.54) is 12.0 Å². The van der Waals surface area contributed by atoms with Crippen molar-refractivity contribution in [2.75, 3.05) is 6.61 Å². The monoisotopic (exact) mass is 492 g/mol. The summed E-state index contributed by atoms with van der Waals surface area (Å²) in [4.78, 5) is 31.6. The standard InChI is InChI=1S/C30H40N2O4/c1-3-4-18-26(27(33)28-32(36-28)23(2)25-16-9-6-10-17-25)31-29(34)35-22-30(20-12-21-30)19-11-15-24-13-7-5-8-14-24/h5-10,13-14,16-17,23,26,28H,3-4,11-12,15,18-22H2,1-2H3,(H,31,34)/t23-,26+,28?,32?/m1/s1. The predicted molar refractivity (Wildman–Crippen MR) is 140 cm³/mol. The topological polar surface area (TPSA) is 70.9 Å². The molecule has 36 heavy (non-hydrogen) atoms. The first kappa shape index (κ1) is 26.4. The molecule has 1 amide bonds. The van der Waals surface area contributed by atoms with E-state index < -0.39 is 18.4 Å². The number of hydrogen-bond acceptors (Lipinski definition) is 5. The van der Waals surface area contributed by atoms with Gasteiger partial charge in [-0.15, -0.1) is 5.06 Å². The Labute approximate surface area is 215 Å². The Kier molecular flexibility index (Phi) is 9.16. The molecule has 1 N–H and O–H groups in total. The Morgan fingerprint density at radius 1 is 1.08 bits per heavy atom. The lowest BCUT2D eigenvalue weighted by atomic mass is 9.66. The molecule has 4 atom stereocenters. The van der Waals surface area contributed by atoms with Gasteiger partial charge >= 0.3 is 6.09 Å². The first-order chi connectivity index (χ1) is 17.5. The van der Waals surface area contributed by atoms with Gasteiger partial charge in [-0.3, -0.25) is 9.63 Å². The number of unbranched alkanes of at least 4 members (excludes halogenated alkanes) is 1. The maximum atomic E-state index is 13.2. The Balaban J connectivity index is 1.26. The zero-order valence-electron chi connectivity index (χ0n) is 21.7. The van der Waals surface area contributed by atoms with E-state index in [9.17, 15) is 9.59 Å². The summed E-state index contributed by atoms with van der Waals surface area (Å²) in [5.74, 6) is -0.107. The summed E-state index contributed by atoms with van der Waals surface area (Å²) >= 11 is 0. The van der Waals surface area contributed by atoms with Crippen molar-refractivity contribution in [1.82, 2.24) is 10.4 Å². The molecule has 2 aliphatic rings. The van der Waals surface area contributed by atoms with Crippen LogP contribution in [0.15, 0.2) is 60.7 Å². The molecule has 6 nitrogen and oxygen atoms in total. The fraction of sp³-hybridized carbons (Fsp3) is 0.533. The van der Waals surface area contributed by atoms with Gasteiger partial charge in [0.05, 0.1) is 18.7 Å². The Morgan fingerprint density at radius 2 is 1.78 bits per heavy atom. The number of carbonyl (C=O) groups is 2. The highest BCUT2D eigenvalue weighted by Crippen LogP contribution is 2.45. The van der Waals surface area contributed by atoms with Crippen molar-refractivity contribution >= 4 is 11.9 Å². The van der Waals surface area contributed by atoms with Crippen LogP contribution in [0.1, 0.15) is 82.4 Å². The molecule has 0 radical (unpaired) electrons. The molecule has 0 aromatic heterocycles. The highest BCUT2D eigenvalue weighted by atomic mass is 16.8. The maximum absolute atomic E-state index is 13.2. The number of ketones is 1. The van der Waals surface area contributed by atoms with Gasteiger partial charge in [-0.05, 0) is 56.6 Å². The van der Waals surface area contributed by atoms with Crippen LogP contribution in [0.3, 0.4) is 0 Å². The number of nitrogens with one attached hydrogen (secondary N) is 1. The number of hydroxylamine groups is 2. The molecule has 2 fully saturated rings. The van der Waals surface area contributed by atoms with Crippen molar-refractivity contribution < 1.29 is 19.2 Å². The minimum atomic E-state index is -0.627. The van der Waals surface area contributed by atoms with Crippen molar-refractivity contribution in [3.8, 4) is 0 Å². The molecule has 1 saturated carbocycles. The molecule has 1 aliphatic heterocycles. The van der Waals surface area contributed by atoms with Crippen molar-refractivity contribution in [1.29, 1.82) is 0 Å². The van der Waals surface area contributed by atoms with Gasteiger partial charge in [-0.1, -0.05) is 86.8 Å². The van der Waals surface area contributed by atoms with Crippen LogP contribution in [0.25, 0.3) is 0 Å². The smallest absolute Gasteiger partial charge is 0.407 e. The number of rotatable bonds is 14. The summed E-state index contributed by atoms with van der Waals surface area (Å²) < 4.78 is 5.70. The van der Waals surface area contributed by atoms with Crippen LogP contribution in [0.5, 0.6) is 0 Å². The number of ether oxygens (including phenoxy) is 1. The molecule has 6 heteroatoms. The molecule has 0 spiro atoms. The molecule has 2 unspecified atom stereocenters. The van der Waals surface area contributed by atoms with Crippen LogP contribution < -0.4 is 5.32 Å². The normalized spacial score (nSPS) is 21.6. The van der Waals surface area contributed by atoms with Crippen LogP contribution in [0, 0.1) is 5.41 Å². The zero-order valence-corrected chi connectivity index (χ0v) is 21.7. The SMILES string of the molecule is CCCC[C@H](NC(=O)OCC1(CCCc2ccccc2)CCC1)C(=O)C1ON1[C@H](C)c1ccccc1. The molecule has 194 valence electrons. The highest BCUT2D eigenvalue weighted by Gasteiger charge is 2.49. The lowest BCUT2D eigenvalue weighted by Crippen LogP contribution is -2.45. The minimum Gasteiger partial charge on any atom is -0.449 e. The lowest BCUT2D eigenvalue weighted by Gasteiger charge is -2.41. The van der Waals surface area contributed by atoms with E-state index in [4.69, 9.17) is 9.57 Å². The van der Waals surface area contributed by atoms with E-state index in [0.29, 0.717) is 13.0 Å². The molecule has 1 aliphatic carbocycles. The first-order valence-corrected chi connectivity index (χ1v) is 13.5. The van der Waals surface area contributed by atoms with Gasteiger partial charge in [0.1, 0.15) is 0 Å². The summed E-state index contributed by atoms with van der Waals surface area (Å²) in [7, 11) is 0. The lowest BCUT2D eigenvalue weighted by molar-refractivity contribution is -0.122. The second kappa shape index (κ2) is 12.5. The van der Waals surface area contributed by atoms with E-state index in [-0.39, 0.29) is 17.2 Å². The molecule has 1 saturated heterocycles. The molecule has 2 aromatic carbocycles. The van der Waals surface area contributed by atoms with Gasteiger partial charge in [0, 0.05) is 5.41 Å². The molecule has 1 heterocycles. The summed E-state index contributed by atoms with van der Waals surface area (Å²) in [5, 5.41) is 4.57. The van der Waals surface area contributed by atoms with Crippen molar-refractivity contribution in [3.05, 3.63) is 71.8 Å². The third kappa shape index (κ3) is 6.95. The third-order valence-electron chi connectivity index (χ3n) is 7.74. The van der Waals surface area contributed by atoms with E-state index in [1.807, 2.05) is 43.3 Å². The molecule has 2 aromatic rings. The van der Waals surface area contributed by atoms with Gasteiger partial charge in [0.2, 0.25) is 12.0 Å². The van der Waals surface area contributed by atoms with Gasteiger partial charge in [-0.25, -0.2) is 4.79 Å². The summed E-state index contributed by atoms with van der Waals surface area (Å²) in [6.07, 6.45) is 7.80. The summed E-state index contributed by atoms with van der Waals surface area (Å²) in [6.45, 7) is 4.51. The van der Waals surface area contributed by atoms with Gasteiger partial charge in [0.15, 0.2) is 0 Å². The number of amides is 1. The Bertz CT molecular complexity index is 977. The molecule has 0 bridgehead atoms. The second-order valence-corrected chi connectivity index (χ2v) is 10.4. The number of aryl methyl sites for hydroxylation is 1. The zero-order chi connectivity index (χ0) is 25.4. The predicted octanol–water partition coefficient (Wildman–Crippen LogP) is 6.37. The van der Waals surface area contributed by atoms with Gasteiger partial charge in [0.25, 0.3) is 0 Å². The second-order valence-electron chi connectivity index (χ2n) is 10.4. The molecule has 4 rings (SSSR count). The fourth-order valence-electron chi connectivity index (χ4n) is 5.16. The van der Waals surface area contributed by atoms with Crippen LogP contribution in [0.2, 0.25) is 0 Å². The number of benzene rings is 2. The number of carbonyl (C=O) groups excluding carboxylic acids is 2. The van der Waals surface area contributed by atoms with E-state index >= 15 is 0 Å². The maximum Gasteiger partial charge on any atom is 0.407 e. The number of alkyl carbamates (subject to hydrolysis) is 1. The van der Waals surface area contributed by atoms with Crippen LogP contribution in [-0.4, -0.2) is 35.8 Å². The van der Waals surface area contributed by atoms with Crippen LogP contribution in [0.4, 0.5) is 4.79 Å². The largest absolute Gasteiger partial charge is 0.449 e. The quantitative estimate of drug-likeness (QED) is 0.310. The van der Waals surface area contributed by atoms with E-state index in [1.54, 1.807) is 5.06 Å². The van der Waals surface area contributed by atoms with Crippen molar-refractivity contribution in [2.24, 2.45) is 5.41 Å². The summed E-state index contributed by atoms with van der Waals surface area (Å²) in [5.41, 5.74) is 2.51. The fourth-order valence-corrected chi connectivity index (χ4v) is 5.16. The van der Waals surface area contributed by atoms with E-state index in [0.717, 1.165) is 50.5 Å². The minimum absolute atomic E-state index is 0.0340. The number of hydrogen-bond donors (Lipinski definition) is 1. The molecular formula is C30H40N2O4. The van der Waals surface area contributed by atoms with Crippen molar-refractivity contribution in [2.45, 2.75) is 89.9 Å². The van der Waals surface area contributed by atoms with Crippen molar-refractivity contribution in [3.63, 3.8) is 0 Å². The van der Waals surface area contributed by atoms with Gasteiger partial charge < -0.3 is 10.1 Å². The Morgan fingerprint density at radius 3 is 2.42 bits per heavy atom. The average Bonchev–Trinajstić information content (AvgIpc) is 3.69. The average molecular weight is 493 g/mol. The van der Waals surface area contributed by atoms with E-state index in [2.05, 4.69) is 36.5 Å². The van der Waals surface area contributed by atoms with Gasteiger partial charge in [-0.2, -0.15) is 0 Å². The number of Topliss-reactive ketones (excluding diaryl/α,β-unsaturated/α-hetero) is 1.